The van der Waals surface area contributed by atoms with Crippen LogP contribution in [0, 0.1) is 10.6 Å². The summed E-state index contributed by atoms with van der Waals surface area (Å²) in [7, 11) is 0. The van der Waals surface area contributed by atoms with Crippen molar-refractivity contribution in [2.45, 2.75) is 0 Å². The Labute approximate surface area is 156 Å². The molecule has 8 nitrogen and oxygen atoms in total. The Kier molecular flexibility index (Phi) is 5.18. The van der Waals surface area contributed by atoms with Gasteiger partial charge in [-0.3, -0.25) is 24.1 Å². The molecule has 0 fully saturated rings. The van der Waals surface area contributed by atoms with E-state index in [4.69, 9.17) is 12.2 Å². The SMILES string of the molecule is O=C(N/N=C/c1c(O)n(-c2ccc(F)cc2)c(=S)[nH]c1=O)c1ccncc1. The van der Waals surface area contributed by atoms with Crippen molar-refractivity contribution in [2.24, 2.45) is 5.10 Å². The van der Waals surface area contributed by atoms with E-state index in [9.17, 15) is 19.1 Å². The fourth-order valence-electron chi connectivity index (χ4n) is 2.21. The molecule has 1 amide bonds. The average Bonchev–Trinajstić information content (AvgIpc) is 2.66. The number of aromatic amines is 1. The van der Waals surface area contributed by atoms with Gasteiger partial charge < -0.3 is 5.11 Å². The zero-order chi connectivity index (χ0) is 19.4. The number of hydrogen-bond acceptors (Lipinski definition) is 6. The van der Waals surface area contributed by atoms with Crippen molar-refractivity contribution in [3.05, 3.63) is 80.9 Å². The van der Waals surface area contributed by atoms with E-state index in [2.05, 4.69) is 20.5 Å². The minimum atomic E-state index is -0.697. The minimum absolute atomic E-state index is 0.0814. The first-order chi connectivity index (χ1) is 13.0. The van der Waals surface area contributed by atoms with Gasteiger partial charge in [-0.15, -0.1) is 0 Å². The predicted octanol–water partition coefficient (Wildman–Crippen LogP) is 1.90. The summed E-state index contributed by atoms with van der Waals surface area (Å²) >= 11 is 5.05. The van der Waals surface area contributed by atoms with Crippen molar-refractivity contribution < 1.29 is 14.3 Å². The molecule has 0 bridgehead atoms. The number of halogens is 1. The van der Waals surface area contributed by atoms with Gasteiger partial charge >= 0.3 is 0 Å². The number of carbonyl (C=O) groups is 1. The highest BCUT2D eigenvalue weighted by molar-refractivity contribution is 7.71. The molecule has 10 heteroatoms. The van der Waals surface area contributed by atoms with Gasteiger partial charge in [-0.25, -0.2) is 9.82 Å². The van der Waals surface area contributed by atoms with E-state index >= 15 is 0 Å². The topological polar surface area (TPSA) is 112 Å². The van der Waals surface area contributed by atoms with E-state index < -0.39 is 23.2 Å². The molecule has 136 valence electrons. The Morgan fingerprint density at radius 2 is 1.93 bits per heavy atom. The molecule has 2 heterocycles. The second kappa shape index (κ2) is 7.70. The number of hydrogen-bond donors (Lipinski definition) is 3. The quantitative estimate of drug-likeness (QED) is 0.361. The number of carbonyl (C=O) groups excluding carboxylic acids is 1. The molecule has 0 unspecified atom stereocenters. The van der Waals surface area contributed by atoms with E-state index in [0.717, 1.165) is 10.8 Å². The van der Waals surface area contributed by atoms with E-state index in [1.54, 1.807) is 0 Å². The highest BCUT2D eigenvalue weighted by Gasteiger charge is 2.13. The summed E-state index contributed by atoms with van der Waals surface area (Å²) < 4.78 is 14.2. The van der Waals surface area contributed by atoms with Crippen LogP contribution >= 0.6 is 12.2 Å². The second-order valence-electron chi connectivity index (χ2n) is 5.24. The lowest BCUT2D eigenvalue weighted by atomic mass is 10.2. The third kappa shape index (κ3) is 3.96. The highest BCUT2D eigenvalue weighted by atomic mass is 32.1. The van der Waals surface area contributed by atoms with Crippen molar-refractivity contribution in [1.29, 1.82) is 0 Å². The zero-order valence-corrected chi connectivity index (χ0v) is 14.4. The van der Waals surface area contributed by atoms with Crippen LogP contribution in [-0.4, -0.2) is 31.8 Å². The Bertz CT molecular complexity index is 1120. The Balaban J connectivity index is 1.93. The van der Waals surface area contributed by atoms with Crippen LogP contribution in [0.15, 0.2) is 58.7 Å². The lowest BCUT2D eigenvalue weighted by Crippen LogP contribution is -2.21. The number of aromatic hydroxyl groups is 1. The minimum Gasteiger partial charge on any atom is -0.494 e. The van der Waals surface area contributed by atoms with Crippen LogP contribution in [0.25, 0.3) is 5.69 Å². The Hall–Kier alpha value is -3.66. The number of H-pyrrole nitrogens is 1. The summed E-state index contributed by atoms with van der Waals surface area (Å²) in [6, 6.07) is 8.12. The van der Waals surface area contributed by atoms with Crippen LogP contribution in [0.5, 0.6) is 5.88 Å². The average molecular weight is 385 g/mol. The van der Waals surface area contributed by atoms with Crippen LogP contribution in [0.1, 0.15) is 15.9 Å². The van der Waals surface area contributed by atoms with Crippen LogP contribution in [0.4, 0.5) is 4.39 Å². The Morgan fingerprint density at radius 1 is 1.26 bits per heavy atom. The first kappa shape index (κ1) is 18.1. The van der Waals surface area contributed by atoms with Crippen LogP contribution in [-0.2, 0) is 0 Å². The number of benzene rings is 1. The van der Waals surface area contributed by atoms with Gasteiger partial charge in [0.2, 0.25) is 5.88 Å². The van der Waals surface area contributed by atoms with Gasteiger partial charge in [0, 0.05) is 18.0 Å². The number of amides is 1. The fourth-order valence-corrected chi connectivity index (χ4v) is 2.49. The lowest BCUT2D eigenvalue weighted by molar-refractivity contribution is 0.0955. The number of aromatic nitrogens is 3. The van der Waals surface area contributed by atoms with Crippen LogP contribution in [0.2, 0.25) is 0 Å². The summed E-state index contributed by atoms with van der Waals surface area (Å²) in [6.45, 7) is 0. The van der Waals surface area contributed by atoms with Crippen molar-refractivity contribution in [3.8, 4) is 11.6 Å². The third-order valence-corrected chi connectivity index (χ3v) is 3.79. The van der Waals surface area contributed by atoms with E-state index in [1.807, 2.05) is 0 Å². The highest BCUT2D eigenvalue weighted by Crippen LogP contribution is 2.18. The van der Waals surface area contributed by atoms with E-state index in [-0.39, 0.29) is 10.3 Å². The van der Waals surface area contributed by atoms with Crippen molar-refractivity contribution in [1.82, 2.24) is 20.0 Å². The molecule has 3 N–H and O–H groups in total. The first-order valence-electron chi connectivity index (χ1n) is 7.55. The lowest BCUT2D eigenvalue weighted by Gasteiger charge is -2.11. The molecule has 0 saturated carbocycles. The maximum atomic E-state index is 13.1. The van der Waals surface area contributed by atoms with E-state index in [1.165, 1.54) is 48.8 Å². The second-order valence-corrected chi connectivity index (χ2v) is 5.63. The van der Waals surface area contributed by atoms with Gasteiger partial charge in [0.1, 0.15) is 11.4 Å². The van der Waals surface area contributed by atoms with Gasteiger partial charge in [0.05, 0.1) is 11.9 Å². The third-order valence-electron chi connectivity index (χ3n) is 3.51. The predicted molar refractivity (Wildman–Crippen MR) is 98.1 cm³/mol. The van der Waals surface area contributed by atoms with Gasteiger partial charge in [-0.2, -0.15) is 5.10 Å². The molecule has 1 aromatic carbocycles. The monoisotopic (exact) mass is 385 g/mol. The van der Waals surface area contributed by atoms with Crippen molar-refractivity contribution >= 4 is 24.3 Å². The summed E-state index contributed by atoms with van der Waals surface area (Å²) in [5.41, 5.74) is 1.97. The molecule has 0 aliphatic carbocycles. The molecule has 0 saturated heterocycles. The molecule has 0 spiro atoms. The van der Waals surface area contributed by atoms with Crippen LogP contribution in [0.3, 0.4) is 0 Å². The normalized spacial score (nSPS) is 10.9. The molecule has 0 atom stereocenters. The van der Waals surface area contributed by atoms with Gasteiger partial charge in [0.15, 0.2) is 4.77 Å². The van der Waals surface area contributed by atoms with Gasteiger partial charge in [-0.05, 0) is 48.6 Å². The molecule has 0 radical (unpaired) electrons. The summed E-state index contributed by atoms with van der Waals surface area (Å²) in [5.74, 6) is -1.48. The zero-order valence-electron chi connectivity index (χ0n) is 13.6. The molecular formula is C17H12FN5O3S. The van der Waals surface area contributed by atoms with Crippen LogP contribution < -0.4 is 11.0 Å². The Morgan fingerprint density at radius 3 is 2.59 bits per heavy atom. The number of pyridine rings is 1. The fraction of sp³-hybridized carbons (Fsp3) is 0. The van der Waals surface area contributed by atoms with E-state index in [0.29, 0.717) is 11.3 Å². The van der Waals surface area contributed by atoms with Crippen molar-refractivity contribution in [2.75, 3.05) is 0 Å². The largest absolute Gasteiger partial charge is 0.494 e. The first-order valence-corrected chi connectivity index (χ1v) is 7.96. The maximum absolute atomic E-state index is 13.1. The maximum Gasteiger partial charge on any atom is 0.271 e. The number of hydrazone groups is 1. The molecule has 0 aliphatic rings. The smallest absolute Gasteiger partial charge is 0.271 e. The summed E-state index contributed by atoms with van der Waals surface area (Å²) in [5, 5.41) is 14.1. The molecule has 3 rings (SSSR count). The van der Waals surface area contributed by atoms with Gasteiger partial charge in [-0.1, -0.05) is 0 Å². The van der Waals surface area contributed by atoms with Gasteiger partial charge in [0.25, 0.3) is 11.5 Å². The molecule has 0 aliphatic heterocycles. The molecule has 3 aromatic rings. The number of rotatable bonds is 4. The molecule has 2 aromatic heterocycles. The summed E-state index contributed by atoms with van der Waals surface area (Å²) in [6.07, 6.45) is 3.88. The number of nitrogens with zero attached hydrogens (tertiary/aromatic N) is 3. The molecule has 27 heavy (non-hydrogen) atoms. The summed E-state index contributed by atoms with van der Waals surface area (Å²) in [4.78, 5) is 30.2. The number of nitrogens with one attached hydrogen (secondary N) is 2. The standard InChI is InChI=1S/C17H12FN5O3S/c18-11-1-3-12(4-2-11)23-16(26)13(15(25)21-17(23)27)9-20-22-14(24)10-5-7-19-8-6-10/h1-9,26H,(H,22,24)(H,21,25,27)/b20-9+. The molecular weight excluding hydrogens is 373 g/mol. The van der Waals surface area contributed by atoms with Crippen molar-refractivity contribution in [3.63, 3.8) is 0 Å².